The minimum Gasteiger partial charge on any atom is -0.309 e. The van der Waals surface area contributed by atoms with E-state index < -0.39 is 0 Å². The van der Waals surface area contributed by atoms with Crippen LogP contribution in [0.25, 0.3) is 60.5 Å². The van der Waals surface area contributed by atoms with Gasteiger partial charge in [-0.2, -0.15) is 5.26 Å². The number of nitrogens with zero attached hydrogens (tertiary/aromatic N) is 2. The molecule has 5 aromatic carbocycles. The fourth-order valence-corrected chi connectivity index (χ4v) is 5.28. The molecule has 0 unspecified atom stereocenters. The molecule has 0 amide bonds. The summed E-state index contributed by atoms with van der Waals surface area (Å²) in [5.41, 5.74) is 9.34. The van der Waals surface area contributed by atoms with E-state index >= 15 is 0 Å². The molecule has 6 aromatic rings. The number of hydrogen-bond acceptors (Lipinski definition) is 1. The molecule has 1 aliphatic carbocycles. The highest BCUT2D eigenvalue weighted by Crippen LogP contribution is 2.51. The van der Waals surface area contributed by atoms with Gasteiger partial charge < -0.3 is 4.57 Å². The van der Waals surface area contributed by atoms with Gasteiger partial charge in [0.25, 0.3) is 0 Å². The van der Waals surface area contributed by atoms with E-state index in [2.05, 4.69) is 83.4 Å². The Morgan fingerprint density at radius 1 is 0.613 bits per heavy atom. The van der Waals surface area contributed by atoms with Crippen LogP contribution in [0.3, 0.4) is 0 Å². The zero-order chi connectivity index (χ0) is 20.5. The van der Waals surface area contributed by atoms with E-state index in [4.69, 9.17) is 0 Å². The van der Waals surface area contributed by atoms with E-state index in [1.54, 1.807) is 0 Å². The second-order valence-corrected chi connectivity index (χ2v) is 8.10. The summed E-state index contributed by atoms with van der Waals surface area (Å²) >= 11 is 0. The Balaban J connectivity index is 1.70. The zero-order valence-electron chi connectivity index (χ0n) is 16.6. The van der Waals surface area contributed by atoms with E-state index in [1.165, 1.54) is 54.8 Å². The van der Waals surface area contributed by atoms with Crippen LogP contribution >= 0.6 is 0 Å². The van der Waals surface area contributed by atoms with Crippen molar-refractivity contribution in [2.24, 2.45) is 0 Å². The van der Waals surface area contributed by atoms with Gasteiger partial charge in [-0.05, 0) is 57.8 Å². The van der Waals surface area contributed by atoms with Crippen molar-refractivity contribution < 1.29 is 0 Å². The third-order valence-electron chi connectivity index (χ3n) is 6.56. The number of hydrogen-bond donors (Lipinski definition) is 0. The highest BCUT2D eigenvalue weighted by Gasteiger charge is 2.26. The van der Waals surface area contributed by atoms with Crippen LogP contribution in [-0.4, -0.2) is 4.57 Å². The SMILES string of the molecule is N#Cc1ccc(-n2c3ccccc3c3ccc4c(c32)-c2cccc3cccc-4c23)cc1. The second kappa shape index (κ2) is 5.84. The molecule has 7 rings (SSSR count). The predicted molar refractivity (Wildman–Crippen MR) is 127 cm³/mol. The van der Waals surface area contributed by atoms with Crippen molar-refractivity contribution in [1.82, 2.24) is 4.57 Å². The average Bonchev–Trinajstić information content (AvgIpc) is 3.34. The number of para-hydroxylation sites is 1. The first-order chi connectivity index (χ1) is 15.3. The van der Waals surface area contributed by atoms with Crippen LogP contribution < -0.4 is 0 Å². The highest BCUT2D eigenvalue weighted by molar-refractivity contribution is 6.24. The molecule has 0 N–H and O–H groups in total. The molecule has 0 saturated carbocycles. The number of aromatic nitrogens is 1. The van der Waals surface area contributed by atoms with Crippen LogP contribution in [0, 0.1) is 11.3 Å². The van der Waals surface area contributed by atoms with Gasteiger partial charge in [-0.1, -0.05) is 66.7 Å². The molecule has 0 atom stereocenters. The van der Waals surface area contributed by atoms with Crippen LogP contribution in [-0.2, 0) is 0 Å². The topological polar surface area (TPSA) is 28.7 Å². The van der Waals surface area contributed by atoms with Crippen molar-refractivity contribution in [3.63, 3.8) is 0 Å². The molecular weight excluding hydrogens is 376 g/mol. The van der Waals surface area contributed by atoms with Crippen molar-refractivity contribution in [2.45, 2.75) is 0 Å². The summed E-state index contributed by atoms with van der Waals surface area (Å²) in [4.78, 5) is 0. The van der Waals surface area contributed by atoms with Gasteiger partial charge in [0.05, 0.1) is 22.7 Å². The van der Waals surface area contributed by atoms with Crippen LogP contribution in [0.5, 0.6) is 0 Å². The maximum absolute atomic E-state index is 9.26. The Morgan fingerprint density at radius 3 is 2.19 bits per heavy atom. The summed E-state index contributed by atoms with van der Waals surface area (Å²) in [7, 11) is 0. The van der Waals surface area contributed by atoms with Gasteiger partial charge in [0.1, 0.15) is 0 Å². The summed E-state index contributed by atoms with van der Waals surface area (Å²) < 4.78 is 2.36. The van der Waals surface area contributed by atoms with Gasteiger partial charge in [-0.15, -0.1) is 0 Å². The second-order valence-electron chi connectivity index (χ2n) is 8.10. The lowest BCUT2D eigenvalue weighted by molar-refractivity contribution is 1.18. The maximum atomic E-state index is 9.26. The first-order valence-corrected chi connectivity index (χ1v) is 10.4. The lowest BCUT2D eigenvalue weighted by Crippen LogP contribution is -1.95. The minimum absolute atomic E-state index is 0.673. The highest BCUT2D eigenvalue weighted by atomic mass is 15.0. The van der Waals surface area contributed by atoms with E-state index in [1.807, 2.05) is 24.3 Å². The number of nitriles is 1. The van der Waals surface area contributed by atoms with Crippen LogP contribution in [0.15, 0.2) is 97.1 Å². The first-order valence-electron chi connectivity index (χ1n) is 10.4. The Morgan fingerprint density at radius 2 is 1.39 bits per heavy atom. The molecule has 31 heavy (non-hydrogen) atoms. The molecular formula is C29H16N2. The molecule has 2 heteroatoms. The standard InChI is InChI=1S/C29H16N2/c30-17-18-11-13-20(14-12-18)31-26-10-2-1-7-21(26)24-16-15-23-22-8-3-5-19-6-4-9-25(27(19)22)28(23)29(24)31/h1-16H. The van der Waals surface area contributed by atoms with Crippen LogP contribution in [0.1, 0.15) is 5.56 Å². The van der Waals surface area contributed by atoms with Gasteiger partial charge in [-0.3, -0.25) is 0 Å². The van der Waals surface area contributed by atoms with E-state index in [0.717, 1.165) is 5.69 Å². The molecule has 0 radical (unpaired) electrons. The molecule has 0 aliphatic heterocycles. The van der Waals surface area contributed by atoms with Crippen molar-refractivity contribution in [2.75, 3.05) is 0 Å². The number of fused-ring (bicyclic) bond motifs is 7. The lowest BCUT2D eigenvalue weighted by Gasteiger charge is -2.12. The van der Waals surface area contributed by atoms with E-state index in [-0.39, 0.29) is 0 Å². The van der Waals surface area contributed by atoms with Gasteiger partial charge in [-0.25, -0.2) is 0 Å². The number of benzene rings is 5. The van der Waals surface area contributed by atoms with Crippen molar-refractivity contribution >= 4 is 32.6 Å². The van der Waals surface area contributed by atoms with Crippen molar-refractivity contribution in [3.8, 4) is 34.0 Å². The van der Waals surface area contributed by atoms with Crippen molar-refractivity contribution in [1.29, 1.82) is 5.26 Å². The maximum Gasteiger partial charge on any atom is 0.0991 e. The monoisotopic (exact) mass is 392 g/mol. The zero-order valence-corrected chi connectivity index (χ0v) is 16.6. The molecule has 1 heterocycles. The fourth-order valence-electron chi connectivity index (χ4n) is 5.28. The molecule has 2 nitrogen and oxygen atoms in total. The quantitative estimate of drug-likeness (QED) is 0.285. The lowest BCUT2D eigenvalue weighted by atomic mass is 10.0. The summed E-state index contributed by atoms with van der Waals surface area (Å²) in [6.07, 6.45) is 0. The Labute approximate surface area is 179 Å². The van der Waals surface area contributed by atoms with Gasteiger partial charge in [0, 0.05) is 22.0 Å². The first kappa shape index (κ1) is 16.4. The predicted octanol–water partition coefficient (Wildman–Crippen LogP) is 7.46. The number of rotatable bonds is 1. The van der Waals surface area contributed by atoms with Crippen LogP contribution in [0.2, 0.25) is 0 Å². The Bertz CT molecular complexity index is 1720. The summed E-state index contributed by atoms with van der Waals surface area (Å²) in [6.45, 7) is 0. The molecule has 1 aromatic heterocycles. The normalized spacial score (nSPS) is 11.8. The molecule has 142 valence electrons. The van der Waals surface area contributed by atoms with Gasteiger partial charge in [0.2, 0.25) is 0 Å². The molecule has 1 aliphatic rings. The van der Waals surface area contributed by atoms with E-state index in [0.29, 0.717) is 5.56 Å². The Hall–Kier alpha value is -4.35. The third kappa shape index (κ3) is 2.05. The van der Waals surface area contributed by atoms with Gasteiger partial charge >= 0.3 is 0 Å². The molecule has 0 fully saturated rings. The van der Waals surface area contributed by atoms with Gasteiger partial charge in [0.15, 0.2) is 0 Å². The minimum atomic E-state index is 0.673. The van der Waals surface area contributed by atoms with Crippen molar-refractivity contribution in [3.05, 3.63) is 103 Å². The molecule has 0 spiro atoms. The summed E-state index contributed by atoms with van der Waals surface area (Å²) in [5, 5.41) is 14.4. The summed E-state index contributed by atoms with van der Waals surface area (Å²) in [6, 6.07) is 36.4. The average molecular weight is 392 g/mol. The largest absolute Gasteiger partial charge is 0.309 e. The third-order valence-corrected chi connectivity index (χ3v) is 6.56. The molecule has 0 saturated heterocycles. The fraction of sp³-hybridized carbons (Fsp3) is 0. The smallest absolute Gasteiger partial charge is 0.0991 e. The molecule has 0 bridgehead atoms. The van der Waals surface area contributed by atoms with Crippen LogP contribution in [0.4, 0.5) is 0 Å². The summed E-state index contributed by atoms with van der Waals surface area (Å²) in [5.74, 6) is 0. The van der Waals surface area contributed by atoms with E-state index in [9.17, 15) is 5.26 Å². The Kier molecular flexibility index (Phi) is 3.10.